The summed E-state index contributed by atoms with van der Waals surface area (Å²) < 4.78 is 27.1. The van der Waals surface area contributed by atoms with Crippen LogP contribution in [0.1, 0.15) is 50.0 Å². The normalized spacial score (nSPS) is 21.7. The second-order valence-electron chi connectivity index (χ2n) is 12.3. The van der Waals surface area contributed by atoms with E-state index in [9.17, 15) is 19.2 Å². The van der Waals surface area contributed by atoms with Crippen LogP contribution in [0.4, 0.5) is 9.18 Å². The summed E-state index contributed by atoms with van der Waals surface area (Å²) in [6.45, 7) is 5.49. The van der Waals surface area contributed by atoms with Gasteiger partial charge in [0, 0.05) is 23.3 Å². The van der Waals surface area contributed by atoms with Gasteiger partial charge in [0.2, 0.25) is 11.8 Å². The summed E-state index contributed by atoms with van der Waals surface area (Å²) in [6.07, 6.45) is -1.30. The lowest BCUT2D eigenvalue weighted by molar-refractivity contribution is -0.164. The summed E-state index contributed by atoms with van der Waals surface area (Å²) >= 11 is 1.19. The number of thioether (sulfide) groups is 1. The molecule has 3 amide bonds. The van der Waals surface area contributed by atoms with E-state index in [4.69, 9.17) is 9.47 Å². The minimum atomic E-state index is -1.35. The summed E-state index contributed by atoms with van der Waals surface area (Å²) in [5.41, 5.74) is 1.56. The van der Waals surface area contributed by atoms with Gasteiger partial charge < -0.3 is 25.0 Å². The van der Waals surface area contributed by atoms with E-state index < -0.39 is 52.9 Å². The minimum absolute atomic E-state index is 0.127. The van der Waals surface area contributed by atoms with Gasteiger partial charge in [-0.1, -0.05) is 78.9 Å². The van der Waals surface area contributed by atoms with E-state index >= 15 is 4.39 Å². The third-order valence-corrected chi connectivity index (χ3v) is 9.16. The quantitative estimate of drug-likeness (QED) is 0.197. The lowest BCUT2D eigenvalue weighted by Gasteiger charge is -2.52. The smallest absolute Gasteiger partial charge is 0.408 e. The fraction of sp³-hybridized carbons (Fsp3) is 0.278. The highest BCUT2D eigenvalue weighted by molar-refractivity contribution is 8.03. The van der Waals surface area contributed by atoms with Crippen LogP contribution in [-0.4, -0.2) is 58.4 Å². The van der Waals surface area contributed by atoms with Crippen LogP contribution < -0.4 is 10.6 Å². The van der Waals surface area contributed by atoms with Gasteiger partial charge in [0.05, 0.1) is 0 Å². The number of hydrogen-bond acceptors (Lipinski definition) is 7. The zero-order valence-corrected chi connectivity index (χ0v) is 26.9. The third kappa shape index (κ3) is 6.53. The van der Waals surface area contributed by atoms with E-state index in [0.717, 1.165) is 0 Å². The highest BCUT2D eigenvalue weighted by Crippen LogP contribution is 2.46. The van der Waals surface area contributed by atoms with Crippen LogP contribution in [0.2, 0.25) is 0 Å². The molecule has 242 valence electrons. The van der Waals surface area contributed by atoms with Crippen LogP contribution in [0.3, 0.4) is 0 Å². The molecule has 3 heterocycles. The van der Waals surface area contributed by atoms with Crippen LogP contribution in [0.25, 0.3) is 5.57 Å². The second kappa shape index (κ2) is 13.1. The lowest BCUT2D eigenvalue weighted by atomic mass is 9.86. The third-order valence-electron chi connectivity index (χ3n) is 7.99. The number of alkyl carbamates (subject to hydrolysis) is 1. The molecule has 0 bridgehead atoms. The van der Waals surface area contributed by atoms with E-state index in [1.54, 1.807) is 38.3 Å². The number of hydrogen-bond donors (Lipinski definition) is 2. The highest BCUT2D eigenvalue weighted by atomic mass is 32.2. The van der Waals surface area contributed by atoms with Gasteiger partial charge in [-0.2, -0.15) is 0 Å². The molecule has 11 heteroatoms. The monoisotopic (exact) mass is 655 g/mol. The molecule has 0 unspecified atom stereocenters. The Kier molecular flexibility index (Phi) is 8.92. The maximum atomic E-state index is 15.5. The van der Waals surface area contributed by atoms with Crippen LogP contribution in [-0.2, 0) is 23.9 Å². The van der Waals surface area contributed by atoms with Crippen LogP contribution in [0.15, 0.2) is 101 Å². The topological polar surface area (TPSA) is 114 Å². The number of ether oxygens (including phenoxy) is 2. The van der Waals surface area contributed by atoms with Crippen molar-refractivity contribution in [2.45, 2.75) is 56.4 Å². The first-order chi connectivity index (χ1) is 22.5. The molecule has 0 saturated carbocycles. The highest BCUT2D eigenvalue weighted by Gasteiger charge is 2.57. The van der Waals surface area contributed by atoms with E-state index in [-0.39, 0.29) is 22.6 Å². The molecule has 2 fully saturated rings. The first-order valence-corrected chi connectivity index (χ1v) is 16.2. The largest absolute Gasteiger partial charge is 0.451 e. The second-order valence-corrected chi connectivity index (χ2v) is 13.3. The Morgan fingerprint density at radius 2 is 1.57 bits per heavy atom. The number of halogens is 1. The molecule has 3 aromatic rings. The van der Waals surface area contributed by atoms with E-state index in [0.29, 0.717) is 29.7 Å². The predicted octanol–water partition coefficient (Wildman–Crippen LogP) is 5.49. The van der Waals surface area contributed by atoms with Crippen LogP contribution >= 0.6 is 11.8 Å². The van der Waals surface area contributed by atoms with Crippen molar-refractivity contribution in [3.63, 3.8) is 0 Å². The van der Waals surface area contributed by atoms with Gasteiger partial charge >= 0.3 is 12.1 Å². The molecule has 9 nitrogen and oxygen atoms in total. The van der Waals surface area contributed by atoms with Gasteiger partial charge in [0.15, 0.2) is 12.1 Å². The molecule has 47 heavy (non-hydrogen) atoms. The Hall–Kier alpha value is -4.90. The minimum Gasteiger partial charge on any atom is -0.451 e. The molecular weight excluding hydrogens is 621 g/mol. The molecular formula is C36H34FN3O6S. The Balaban J connectivity index is 1.44. The fourth-order valence-electron chi connectivity index (χ4n) is 5.95. The number of fused-ring (bicyclic) bond motifs is 1. The van der Waals surface area contributed by atoms with Crippen molar-refractivity contribution in [2.24, 2.45) is 0 Å². The molecule has 0 aliphatic carbocycles. The number of nitrogens with zero attached hydrogens (tertiary/aromatic N) is 1. The summed E-state index contributed by atoms with van der Waals surface area (Å²) in [4.78, 5) is 55.5. The maximum absolute atomic E-state index is 15.5. The first-order valence-electron chi connectivity index (χ1n) is 15.3. The number of carbonyl (C=O) groups is 4. The van der Waals surface area contributed by atoms with Crippen molar-refractivity contribution in [2.75, 3.05) is 6.54 Å². The van der Waals surface area contributed by atoms with Crippen molar-refractivity contribution in [3.8, 4) is 0 Å². The molecule has 0 radical (unpaired) electrons. The Morgan fingerprint density at radius 1 is 0.957 bits per heavy atom. The van der Waals surface area contributed by atoms with Gasteiger partial charge in [0.1, 0.15) is 22.8 Å². The van der Waals surface area contributed by atoms with E-state index in [2.05, 4.69) is 10.6 Å². The average Bonchev–Trinajstić information content (AvgIpc) is 3.48. The van der Waals surface area contributed by atoms with Gasteiger partial charge in [-0.25, -0.2) is 14.0 Å². The Labute approximate surface area is 276 Å². The standard InChI is InChI=1S/C36H34FN3O6S/c1-36(2,3)46-35(44)39-28-32(42)40-29(34(43)45-30(21-12-6-4-7-13-21)22-14-8-5-9-15-22)25(20-47-33(28)40)27(24-18-19-38-31(24)41)23-16-10-11-17-26(23)37/h4-17,20,28-30,33H,18-19H2,1-3H3,(H,38,41)(H,39,44)/t28-,29-,33-/m1/s1. The number of β-lactam (4-membered cyclic amide) rings is 1. The number of nitrogens with one attached hydrogen (secondary N) is 2. The van der Waals surface area contributed by atoms with Crippen molar-refractivity contribution >= 4 is 41.2 Å². The summed E-state index contributed by atoms with van der Waals surface area (Å²) in [5.74, 6) is -2.27. The zero-order chi connectivity index (χ0) is 33.3. The first kappa shape index (κ1) is 32.1. The molecule has 3 aliphatic rings. The Bertz CT molecular complexity index is 1730. The van der Waals surface area contributed by atoms with Crippen molar-refractivity contribution < 1.29 is 33.0 Å². The molecule has 0 spiro atoms. The van der Waals surface area contributed by atoms with Crippen molar-refractivity contribution in [3.05, 3.63) is 124 Å². The number of benzene rings is 3. The van der Waals surface area contributed by atoms with Gasteiger partial charge in [-0.05, 0) is 55.4 Å². The predicted molar refractivity (Wildman–Crippen MR) is 175 cm³/mol. The number of rotatable bonds is 7. The molecule has 3 aromatic carbocycles. The molecule has 2 N–H and O–H groups in total. The maximum Gasteiger partial charge on any atom is 0.408 e. The summed E-state index contributed by atoms with van der Waals surface area (Å²) in [5, 5.41) is 6.39. The summed E-state index contributed by atoms with van der Waals surface area (Å²) in [7, 11) is 0. The number of amides is 3. The van der Waals surface area contributed by atoms with Crippen molar-refractivity contribution in [1.29, 1.82) is 0 Å². The number of esters is 1. The Morgan fingerprint density at radius 3 is 2.15 bits per heavy atom. The molecule has 3 atom stereocenters. The average molecular weight is 656 g/mol. The van der Waals surface area contributed by atoms with E-state index in [1.165, 1.54) is 28.8 Å². The molecule has 6 rings (SSSR count). The van der Waals surface area contributed by atoms with Gasteiger partial charge in [0.25, 0.3) is 0 Å². The lowest BCUT2D eigenvalue weighted by Crippen LogP contribution is -2.74. The molecule has 2 saturated heterocycles. The van der Waals surface area contributed by atoms with Crippen LogP contribution in [0, 0.1) is 5.82 Å². The summed E-state index contributed by atoms with van der Waals surface area (Å²) in [6, 6.07) is 22.1. The van der Waals surface area contributed by atoms with Gasteiger partial charge in [-0.3, -0.25) is 9.59 Å². The zero-order valence-electron chi connectivity index (χ0n) is 26.1. The van der Waals surface area contributed by atoms with Crippen LogP contribution in [0.5, 0.6) is 0 Å². The molecule has 0 aromatic heterocycles. The SMILES string of the molecule is CC(C)(C)OC(=O)N[C@@H]1C(=O)N2[C@@H](C(=O)OC(c3ccccc3)c3ccccc3)C(C(=C3CCNC3=O)c3ccccc3F)=CS[C@H]12. The number of carbonyl (C=O) groups excluding carboxylic acids is 4. The molecule has 3 aliphatic heterocycles. The van der Waals surface area contributed by atoms with Gasteiger partial charge in [-0.15, -0.1) is 11.8 Å². The van der Waals surface area contributed by atoms with E-state index in [1.807, 2.05) is 60.7 Å². The fourth-order valence-corrected chi connectivity index (χ4v) is 7.18. The van der Waals surface area contributed by atoms with Crippen molar-refractivity contribution in [1.82, 2.24) is 15.5 Å².